The van der Waals surface area contributed by atoms with E-state index in [9.17, 15) is 5.11 Å². The molecule has 0 unspecified atom stereocenters. The van der Waals surface area contributed by atoms with Gasteiger partial charge in [0, 0.05) is 17.1 Å². The molecule has 5 nitrogen and oxygen atoms in total. The molecule has 0 heterocycles. The minimum Gasteiger partial charge on any atom is -0.494 e. The number of rotatable bonds is 21. The molecule has 6 heteroatoms. The van der Waals surface area contributed by atoms with E-state index < -0.39 is 11.2 Å². The molecule has 0 aliphatic heterocycles. The first kappa shape index (κ1) is 40.7. The van der Waals surface area contributed by atoms with Crippen LogP contribution in [0.1, 0.15) is 92.9 Å². The maximum absolute atomic E-state index is 10.5. The van der Waals surface area contributed by atoms with Crippen LogP contribution in [0.4, 0.5) is 17.1 Å². The van der Waals surface area contributed by atoms with Crippen LogP contribution in [0.25, 0.3) is 22.3 Å². The third-order valence-corrected chi connectivity index (χ3v) is 10.3. The summed E-state index contributed by atoms with van der Waals surface area (Å²) in [5, 5.41) is 10.5. The van der Waals surface area contributed by atoms with Gasteiger partial charge in [-0.2, -0.15) is 0 Å². The van der Waals surface area contributed by atoms with Gasteiger partial charge in [-0.25, -0.2) is 0 Å². The van der Waals surface area contributed by atoms with Crippen LogP contribution in [0.2, 0.25) is 0 Å². The molecule has 5 aromatic carbocycles. The van der Waals surface area contributed by atoms with E-state index >= 15 is 0 Å². The molecule has 0 atom stereocenters. The summed E-state index contributed by atoms with van der Waals surface area (Å²) < 4.78 is 18.0. The van der Waals surface area contributed by atoms with E-state index in [1.54, 1.807) is 21.3 Å². The van der Waals surface area contributed by atoms with E-state index in [-0.39, 0.29) is 0 Å². The zero-order valence-electron chi connectivity index (χ0n) is 33.3. The normalized spacial score (nSPS) is 11.7. The van der Waals surface area contributed by atoms with Crippen LogP contribution >= 0.6 is 0 Å². The van der Waals surface area contributed by atoms with Crippen LogP contribution in [0.15, 0.2) is 121 Å². The van der Waals surface area contributed by atoms with Crippen LogP contribution in [-0.2, 0) is 4.65 Å². The Labute approximate surface area is 325 Å². The molecule has 0 fully saturated rings. The minimum atomic E-state index is -0.994. The molecule has 0 saturated heterocycles. The lowest BCUT2D eigenvalue weighted by Gasteiger charge is -2.37. The standard InChI is InChI=1S/C48H59BNO4/c1-7-9-11-13-35-52-45-31-19-39(20-32-45)37-15-25-42(26-16-37)50(44-29-23-41(24-30-44)49-54-48(5,6)47(3,4)51)43-27-17-38(18-28-43)40-21-33-46(34-22-40)53-36-14-12-10-8-2/h15-34,51H,7-14,35-36H2,1-6H3. The predicted octanol–water partition coefficient (Wildman–Crippen LogP) is 12.2. The molecular formula is C48H59BNO4. The highest BCUT2D eigenvalue weighted by Crippen LogP contribution is 2.37. The molecule has 0 aliphatic rings. The molecule has 283 valence electrons. The zero-order valence-corrected chi connectivity index (χ0v) is 33.3. The van der Waals surface area contributed by atoms with Gasteiger partial charge in [-0.05, 0) is 123 Å². The Morgan fingerprint density at radius 1 is 0.481 bits per heavy atom. The van der Waals surface area contributed by atoms with E-state index in [0.717, 1.165) is 82.3 Å². The molecule has 54 heavy (non-hydrogen) atoms. The van der Waals surface area contributed by atoms with Gasteiger partial charge in [0.1, 0.15) is 11.5 Å². The number of nitrogens with zero attached hydrogens (tertiary/aromatic N) is 1. The number of aliphatic hydroxyl groups is 1. The fourth-order valence-electron chi connectivity index (χ4n) is 6.04. The molecule has 0 spiro atoms. The summed E-state index contributed by atoms with van der Waals surface area (Å²) in [6, 6.07) is 42.5. The lowest BCUT2D eigenvalue weighted by atomic mass is 9.82. The Bertz CT molecular complexity index is 1710. The summed E-state index contributed by atoms with van der Waals surface area (Å²) in [5.41, 5.74) is 6.90. The molecular weight excluding hydrogens is 665 g/mol. The Morgan fingerprint density at radius 3 is 1.19 bits per heavy atom. The summed E-state index contributed by atoms with van der Waals surface area (Å²) in [7, 11) is 1.72. The van der Waals surface area contributed by atoms with Crippen molar-refractivity contribution in [1.29, 1.82) is 0 Å². The third kappa shape index (κ3) is 11.5. The number of ether oxygens (including phenoxy) is 2. The minimum absolute atomic E-state index is 0.746. The Kier molecular flexibility index (Phi) is 14.8. The lowest BCUT2D eigenvalue weighted by molar-refractivity contribution is -0.0893. The number of benzene rings is 5. The van der Waals surface area contributed by atoms with Gasteiger partial charge >= 0.3 is 7.48 Å². The van der Waals surface area contributed by atoms with Crippen molar-refractivity contribution >= 4 is 30.0 Å². The number of hydrogen-bond acceptors (Lipinski definition) is 5. The van der Waals surface area contributed by atoms with Gasteiger partial charge in [-0.1, -0.05) is 118 Å². The highest BCUT2D eigenvalue weighted by molar-refractivity contribution is 6.47. The van der Waals surface area contributed by atoms with Gasteiger partial charge < -0.3 is 24.1 Å². The first-order valence-electron chi connectivity index (χ1n) is 19.9. The summed E-state index contributed by atoms with van der Waals surface area (Å²) in [4.78, 5) is 2.27. The summed E-state index contributed by atoms with van der Waals surface area (Å²) >= 11 is 0. The molecule has 0 aliphatic carbocycles. The zero-order chi connectivity index (χ0) is 38.4. The van der Waals surface area contributed by atoms with E-state index in [4.69, 9.17) is 14.1 Å². The van der Waals surface area contributed by atoms with E-state index in [1.807, 2.05) is 26.0 Å². The van der Waals surface area contributed by atoms with Crippen molar-refractivity contribution in [3.05, 3.63) is 121 Å². The van der Waals surface area contributed by atoms with Crippen LogP contribution in [0.5, 0.6) is 11.5 Å². The van der Waals surface area contributed by atoms with Gasteiger partial charge in [0.2, 0.25) is 0 Å². The van der Waals surface area contributed by atoms with Gasteiger partial charge in [0.25, 0.3) is 0 Å². The van der Waals surface area contributed by atoms with E-state index in [2.05, 4.69) is 128 Å². The van der Waals surface area contributed by atoms with Crippen LogP contribution in [0.3, 0.4) is 0 Å². The van der Waals surface area contributed by atoms with Gasteiger partial charge in [0.05, 0.1) is 24.4 Å². The average Bonchev–Trinajstić information content (AvgIpc) is 3.18. The number of hydrogen-bond donors (Lipinski definition) is 1. The van der Waals surface area contributed by atoms with Crippen LogP contribution in [0, 0.1) is 0 Å². The molecule has 5 rings (SSSR count). The Hall–Kier alpha value is -4.52. The van der Waals surface area contributed by atoms with E-state index in [0.29, 0.717) is 0 Å². The number of unbranched alkanes of at least 4 members (excludes halogenated alkanes) is 6. The third-order valence-electron chi connectivity index (χ3n) is 10.3. The van der Waals surface area contributed by atoms with Crippen molar-refractivity contribution in [3.63, 3.8) is 0 Å². The highest BCUT2D eigenvalue weighted by Gasteiger charge is 2.35. The average molecular weight is 725 g/mol. The summed E-state index contributed by atoms with van der Waals surface area (Å²) in [6.45, 7) is 13.3. The van der Waals surface area contributed by atoms with Crippen molar-refractivity contribution < 1.29 is 19.2 Å². The van der Waals surface area contributed by atoms with Crippen LogP contribution < -0.4 is 19.8 Å². The smallest absolute Gasteiger partial charge is 0.330 e. The van der Waals surface area contributed by atoms with Crippen molar-refractivity contribution in [2.45, 2.75) is 104 Å². The Balaban J connectivity index is 1.34. The largest absolute Gasteiger partial charge is 0.494 e. The first-order valence-corrected chi connectivity index (χ1v) is 19.9. The van der Waals surface area contributed by atoms with Gasteiger partial charge in [-0.15, -0.1) is 0 Å². The second-order valence-electron chi connectivity index (χ2n) is 15.2. The molecule has 0 aromatic heterocycles. The molecule has 0 amide bonds. The topological polar surface area (TPSA) is 51.2 Å². The van der Waals surface area contributed by atoms with Crippen molar-refractivity contribution in [1.82, 2.24) is 0 Å². The SMILES string of the molecule is CCCCCCOc1ccc(-c2ccc(N(c3ccc([B]OC(C)(C)C(C)(C)O)cc3)c3ccc(-c4ccc(OCCCCCC)cc4)cc3)cc2)cc1. The van der Waals surface area contributed by atoms with Crippen molar-refractivity contribution in [2.75, 3.05) is 18.1 Å². The van der Waals surface area contributed by atoms with Crippen LogP contribution in [-0.4, -0.2) is 37.0 Å². The molecule has 1 radical (unpaired) electrons. The molecule has 1 N–H and O–H groups in total. The number of anilines is 3. The van der Waals surface area contributed by atoms with E-state index in [1.165, 1.54) is 38.5 Å². The monoisotopic (exact) mass is 724 g/mol. The quantitative estimate of drug-likeness (QED) is 0.0603. The maximum atomic E-state index is 10.5. The van der Waals surface area contributed by atoms with Gasteiger partial charge in [-0.3, -0.25) is 0 Å². The fourth-order valence-corrected chi connectivity index (χ4v) is 6.04. The first-order chi connectivity index (χ1) is 26.1. The van der Waals surface area contributed by atoms with Crippen molar-refractivity contribution in [2.24, 2.45) is 0 Å². The van der Waals surface area contributed by atoms with Crippen molar-refractivity contribution in [3.8, 4) is 33.8 Å². The highest BCUT2D eigenvalue weighted by atomic mass is 16.5. The maximum Gasteiger partial charge on any atom is 0.330 e. The molecule has 5 aromatic rings. The lowest BCUT2D eigenvalue weighted by Crippen LogP contribution is -2.49. The predicted molar refractivity (Wildman–Crippen MR) is 228 cm³/mol. The molecule has 0 bridgehead atoms. The second-order valence-corrected chi connectivity index (χ2v) is 15.2. The fraction of sp³-hybridized carbons (Fsp3) is 0.375. The second kappa shape index (κ2) is 19.7. The molecule has 0 saturated carbocycles. The Morgan fingerprint density at radius 2 is 0.833 bits per heavy atom. The summed E-state index contributed by atoms with van der Waals surface area (Å²) in [5.74, 6) is 1.83. The van der Waals surface area contributed by atoms with Gasteiger partial charge in [0.15, 0.2) is 0 Å². The summed E-state index contributed by atoms with van der Waals surface area (Å²) in [6.07, 6.45) is 9.57.